The number of esters is 1. The van der Waals surface area contributed by atoms with Gasteiger partial charge in [0.25, 0.3) is 11.4 Å². The molecule has 1 atom stereocenters. The van der Waals surface area contributed by atoms with Gasteiger partial charge in [0, 0.05) is 13.6 Å². The fourth-order valence-electron chi connectivity index (χ4n) is 4.82. The van der Waals surface area contributed by atoms with Crippen LogP contribution in [0.5, 0.6) is 5.75 Å². The summed E-state index contributed by atoms with van der Waals surface area (Å²) in [6.07, 6.45) is 0. The standard InChI is InChI=1S/C28H22N4O5/c1-31-26(34)24(33)22(25-29-20-10-6-7-11-21(20)37-25)30-28(31)32-15-18-13-12-17(27(35)36-2)14-19(18)23(32)16-8-4-3-5-9-16/h3-14,23,33H,15H2,1-2H3. The molecule has 1 N–H and O–H groups in total. The van der Waals surface area contributed by atoms with Gasteiger partial charge in [-0.05, 0) is 41.0 Å². The van der Waals surface area contributed by atoms with Crippen LogP contribution in [-0.4, -0.2) is 32.7 Å². The van der Waals surface area contributed by atoms with Gasteiger partial charge < -0.3 is 19.2 Å². The molecule has 9 heteroatoms. The van der Waals surface area contributed by atoms with Crippen LogP contribution in [-0.2, 0) is 18.3 Å². The highest BCUT2D eigenvalue weighted by Crippen LogP contribution is 2.42. The third kappa shape index (κ3) is 3.63. The molecular formula is C28H22N4O5. The van der Waals surface area contributed by atoms with Crippen molar-refractivity contribution in [2.75, 3.05) is 12.0 Å². The molecule has 3 heterocycles. The van der Waals surface area contributed by atoms with E-state index in [2.05, 4.69) is 4.98 Å². The number of ether oxygens (including phenoxy) is 1. The normalized spacial score (nSPS) is 14.6. The number of para-hydroxylation sites is 2. The molecule has 184 valence electrons. The molecule has 0 amide bonds. The lowest BCUT2D eigenvalue weighted by Gasteiger charge is -2.28. The highest BCUT2D eigenvalue weighted by Gasteiger charge is 2.35. The predicted molar refractivity (Wildman–Crippen MR) is 136 cm³/mol. The quantitative estimate of drug-likeness (QED) is 0.370. The lowest BCUT2D eigenvalue weighted by atomic mass is 9.96. The lowest BCUT2D eigenvalue weighted by Crippen LogP contribution is -2.31. The Kier molecular flexibility index (Phi) is 5.26. The maximum Gasteiger partial charge on any atom is 0.337 e. The Morgan fingerprint density at radius 2 is 1.81 bits per heavy atom. The molecule has 1 unspecified atom stereocenters. The van der Waals surface area contributed by atoms with Gasteiger partial charge in [0.05, 0.1) is 18.7 Å². The summed E-state index contributed by atoms with van der Waals surface area (Å²) in [5.41, 5.74) is 3.72. The van der Waals surface area contributed by atoms with Crippen molar-refractivity contribution in [2.24, 2.45) is 7.05 Å². The second kappa shape index (κ2) is 8.63. The van der Waals surface area contributed by atoms with Crippen molar-refractivity contribution < 1.29 is 19.1 Å². The van der Waals surface area contributed by atoms with E-state index in [0.29, 0.717) is 29.2 Å². The van der Waals surface area contributed by atoms with E-state index < -0.39 is 17.3 Å². The second-order valence-electron chi connectivity index (χ2n) is 8.81. The first-order chi connectivity index (χ1) is 18.0. The first kappa shape index (κ1) is 22.5. The summed E-state index contributed by atoms with van der Waals surface area (Å²) in [4.78, 5) is 36.6. The Labute approximate surface area is 211 Å². The number of oxazole rings is 1. The Bertz CT molecular complexity index is 1690. The Balaban J connectivity index is 1.54. The molecule has 2 aromatic heterocycles. The number of carbonyl (C=O) groups excluding carboxylic acids is 1. The van der Waals surface area contributed by atoms with E-state index in [-0.39, 0.29) is 17.6 Å². The largest absolute Gasteiger partial charge is 0.501 e. The first-order valence-corrected chi connectivity index (χ1v) is 11.6. The Morgan fingerprint density at radius 3 is 2.57 bits per heavy atom. The summed E-state index contributed by atoms with van der Waals surface area (Å²) in [5, 5.41) is 10.7. The van der Waals surface area contributed by atoms with E-state index in [1.807, 2.05) is 59.5 Å². The van der Waals surface area contributed by atoms with Crippen LogP contribution in [0.15, 0.2) is 82.0 Å². The number of carbonyl (C=O) groups is 1. The number of hydrogen-bond donors (Lipinski definition) is 1. The predicted octanol–water partition coefficient (Wildman–Crippen LogP) is 4.19. The fourth-order valence-corrected chi connectivity index (χ4v) is 4.82. The molecule has 1 aliphatic rings. The summed E-state index contributed by atoms with van der Waals surface area (Å²) < 4.78 is 12.1. The summed E-state index contributed by atoms with van der Waals surface area (Å²) in [7, 11) is 2.91. The maximum atomic E-state index is 13.2. The number of fused-ring (bicyclic) bond motifs is 2. The SMILES string of the molecule is COC(=O)c1ccc2c(c1)C(c1ccccc1)N(c1nc(-c3nc4ccccc4o3)c(O)c(=O)n1C)C2. The summed E-state index contributed by atoms with van der Waals surface area (Å²) in [5.74, 6) is -0.594. The molecule has 0 saturated carbocycles. The monoisotopic (exact) mass is 494 g/mol. The smallest absolute Gasteiger partial charge is 0.337 e. The second-order valence-corrected chi connectivity index (χ2v) is 8.81. The van der Waals surface area contributed by atoms with Gasteiger partial charge >= 0.3 is 5.97 Å². The zero-order valence-corrected chi connectivity index (χ0v) is 20.1. The number of hydrogen-bond acceptors (Lipinski definition) is 8. The van der Waals surface area contributed by atoms with Gasteiger partial charge in [-0.15, -0.1) is 0 Å². The molecule has 0 bridgehead atoms. The molecule has 0 radical (unpaired) electrons. The van der Waals surface area contributed by atoms with Crippen LogP contribution >= 0.6 is 0 Å². The average molecular weight is 495 g/mol. The zero-order valence-electron chi connectivity index (χ0n) is 20.1. The van der Waals surface area contributed by atoms with Crippen LogP contribution in [0.1, 0.15) is 33.1 Å². The van der Waals surface area contributed by atoms with E-state index in [1.165, 1.54) is 11.7 Å². The molecule has 37 heavy (non-hydrogen) atoms. The van der Waals surface area contributed by atoms with E-state index >= 15 is 0 Å². The molecular weight excluding hydrogens is 472 g/mol. The average Bonchev–Trinajstić information content (AvgIpc) is 3.53. The molecule has 0 saturated heterocycles. The number of aromatic hydroxyl groups is 1. The maximum absolute atomic E-state index is 13.2. The summed E-state index contributed by atoms with van der Waals surface area (Å²) in [6.45, 7) is 0.425. The Hall–Kier alpha value is -4.92. The van der Waals surface area contributed by atoms with E-state index in [9.17, 15) is 14.7 Å². The van der Waals surface area contributed by atoms with E-state index in [1.54, 1.807) is 25.2 Å². The van der Waals surface area contributed by atoms with Crippen molar-refractivity contribution in [3.8, 4) is 17.3 Å². The minimum Gasteiger partial charge on any atom is -0.501 e. The molecule has 3 aromatic carbocycles. The number of aromatic nitrogens is 3. The van der Waals surface area contributed by atoms with Crippen LogP contribution in [0.4, 0.5) is 5.95 Å². The van der Waals surface area contributed by atoms with Gasteiger partial charge in [-0.25, -0.2) is 14.8 Å². The number of anilines is 1. The zero-order chi connectivity index (χ0) is 25.7. The van der Waals surface area contributed by atoms with Crippen molar-refractivity contribution >= 4 is 23.0 Å². The molecule has 0 spiro atoms. The van der Waals surface area contributed by atoms with Gasteiger partial charge in [-0.3, -0.25) is 9.36 Å². The van der Waals surface area contributed by atoms with Gasteiger partial charge in [0.1, 0.15) is 5.52 Å². The fraction of sp³-hybridized carbons (Fsp3) is 0.143. The highest BCUT2D eigenvalue weighted by molar-refractivity contribution is 5.90. The minimum absolute atomic E-state index is 0.0349. The van der Waals surface area contributed by atoms with Crippen LogP contribution < -0.4 is 10.5 Å². The Morgan fingerprint density at radius 1 is 1.05 bits per heavy atom. The van der Waals surface area contributed by atoms with Gasteiger partial charge in [0.2, 0.25) is 11.7 Å². The number of nitrogens with zero attached hydrogens (tertiary/aromatic N) is 4. The molecule has 9 nitrogen and oxygen atoms in total. The van der Waals surface area contributed by atoms with Crippen molar-refractivity contribution in [3.63, 3.8) is 0 Å². The first-order valence-electron chi connectivity index (χ1n) is 11.6. The molecule has 1 aliphatic heterocycles. The summed E-state index contributed by atoms with van der Waals surface area (Å²) >= 11 is 0. The topological polar surface area (TPSA) is 111 Å². The lowest BCUT2D eigenvalue weighted by molar-refractivity contribution is 0.0600. The molecule has 6 rings (SSSR count). The van der Waals surface area contributed by atoms with Gasteiger partial charge in [0.15, 0.2) is 11.3 Å². The van der Waals surface area contributed by atoms with Crippen LogP contribution in [0.2, 0.25) is 0 Å². The van der Waals surface area contributed by atoms with E-state index in [4.69, 9.17) is 14.1 Å². The van der Waals surface area contributed by atoms with Gasteiger partial charge in [-0.1, -0.05) is 48.5 Å². The van der Waals surface area contributed by atoms with Crippen LogP contribution in [0.25, 0.3) is 22.7 Å². The van der Waals surface area contributed by atoms with Crippen molar-refractivity contribution in [3.05, 3.63) is 105 Å². The van der Waals surface area contributed by atoms with Gasteiger partial charge in [-0.2, -0.15) is 0 Å². The van der Waals surface area contributed by atoms with Crippen molar-refractivity contribution in [1.82, 2.24) is 14.5 Å². The summed E-state index contributed by atoms with van der Waals surface area (Å²) in [6, 6.07) is 22.0. The van der Waals surface area contributed by atoms with Crippen LogP contribution in [0, 0.1) is 0 Å². The number of methoxy groups -OCH3 is 1. The number of rotatable bonds is 4. The number of benzene rings is 3. The van der Waals surface area contributed by atoms with E-state index in [0.717, 1.165) is 16.7 Å². The highest BCUT2D eigenvalue weighted by atomic mass is 16.5. The van der Waals surface area contributed by atoms with Crippen molar-refractivity contribution in [2.45, 2.75) is 12.6 Å². The minimum atomic E-state index is -0.625. The third-order valence-corrected chi connectivity index (χ3v) is 6.63. The molecule has 0 aliphatic carbocycles. The molecule has 5 aromatic rings. The van der Waals surface area contributed by atoms with Crippen molar-refractivity contribution in [1.29, 1.82) is 0 Å². The third-order valence-electron chi connectivity index (χ3n) is 6.63. The van der Waals surface area contributed by atoms with Crippen LogP contribution in [0.3, 0.4) is 0 Å². The molecule has 0 fully saturated rings.